The first-order valence-corrected chi connectivity index (χ1v) is 5.48. The first-order chi connectivity index (χ1) is 8.74. The van der Waals surface area contributed by atoms with Crippen LogP contribution in [-0.2, 0) is 4.79 Å². The van der Waals surface area contributed by atoms with Crippen LogP contribution >= 0.6 is 0 Å². The van der Waals surface area contributed by atoms with Gasteiger partial charge >= 0.3 is 6.29 Å². The van der Waals surface area contributed by atoms with Crippen molar-refractivity contribution < 1.29 is 14.3 Å². The fourth-order valence-electron chi connectivity index (χ4n) is 1.80. The minimum Gasteiger partial charge on any atom is -0.442 e. The van der Waals surface area contributed by atoms with Crippen molar-refractivity contribution in [2.75, 3.05) is 0 Å². The van der Waals surface area contributed by atoms with Crippen molar-refractivity contribution in [3.05, 3.63) is 48.5 Å². The summed E-state index contributed by atoms with van der Waals surface area (Å²) in [6, 6.07) is 16.3. The third-order valence-corrected chi connectivity index (χ3v) is 2.66. The van der Waals surface area contributed by atoms with Crippen molar-refractivity contribution in [2.45, 2.75) is 6.29 Å². The number of benzene rings is 2. The fraction of sp³-hybridized carbons (Fsp3) is 0.0714. The summed E-state index contributed by atoms with van der Waals surface area (Å²) in [6.07, 6.45) is -1.04. The van der Waals surface area contributed by atoms with Crippen LogP contribution in [0.5, 0.6) is 11.5 Å². The van der Waals surface area contributed by atoms with Crippen LogP contribution in [0, 0.1) is 6.07 Å². The summed E-state index contributed by atoms with van der Waals surface area (Å²) < 4.78 is 10.5. The number of hydrogen-bond donors (Lipinski definition) is 1. The SMILES string of the molecule is NC(=O)C1Oc2c[c]c(-c3ccccc3)cc2O1. The van der Waals surface area contributed by atoms with Crippen LogP contribution in [-0.4, -0.2) is 12.2 Å². The molecule has 1 atom stereocenters. The summed E-state index contributed by atoms with van der Waals surface area (Å²) in [5.41, 5.74) is 7.02. The molecule has 0 saturated carbocycles. The molecule has 1 amide bonds. The van der Waals surface area contributed by atoms with E-state index < -0.39 is 12.2 Å². The Kier molecular flexibility index (Phi) is 2.41. The van der Waals surface area contributed by atoms with Gasteiger partial charge in [-0.1, -0.05) is 30.3 Å². The molecule has 1 aliphatic rings. The summed E-state index contributed by atoms with van der Waals surface area (Å²) >= 11 is 0. The highest BCUT2D eigenvalue weighted by atomic mass is 16.7. The maximum atomic E-state index is 11.0. The third kappa shape index (κ3) is 1.78. The van der Waals surface area contributed by atoms with E-state index in [1.807, 2.05) is 30.3 Å². The fourth-order valence-corrected chi connectivity index (χ4v) is 1.80. The average molecular weight is 240 g/mol. The highest BCUT2D eigenvalue weighted by molar-refractivity contribution is 5.79. The van der Waals surface area contributed by atoms with Crippen molar-refractivity contribution in [3.63, 3.8) is 0 Å². The lowest BCUT2D eigenvalue weighted by Gasteiger charge is -2.03. The third-order valence-electron chi connectivity index (χ3n) is 2.66. The zero-order chi connectivity index (χ0) is 12.5. The van der Waals surface area contributed by atoms with Crippen molar-refractivity contribution in [1.29, 1.82) is 0 Å². The van der Waals surface area contributed by atoms with E-state index in [1.54, 1.807) is 12.1 Å². The lowest BCUT2D eigenvalue weighted by Crippen LogP contribution is -2.35. The minimum atomic E-state index is -1.04. The van der Waals surface area contributed by atoms with Gasteiger partial charge in [-0.05, 0) is 29.3 Å². The van der Waals surface area contributed by atoms with E-state index in [4.69, 9.17) is 15.2 Å². The van der Waals surface area contributed by atoms with Gasteiger partial charge in [0, 0.05) is 0 Å². The van der Waals surface area contributed by atoms with Gasteiger partial charge in [-0.3, -0.25) is 4.79 Å². The first kappa shape index (κ1) is 10.7. The molecule has 0 spiro atoms. The van der Waals surface area contributed by atoms with Crippen LogP contribution in [0.25, 0.3) is 11.1 Å². The molecule has 1 heterocycles. The highest BCUT2D eigenvalue weighted by Crippen LogP contribution is 2.37. The second-order valence-corrected chi connectivity index (χ2v) is 3.91. The number of rotatable bonds is 2. The molecule has 0 bridgehead atoms. The van der Waals surface area contributed by atoms with Crippen LogP contribution in [0.2, 0.25) is 0 Å². The molecule has 3 rings (SSSR count). The van der Waals surface area contributed by atoms with Gasteiger partial charge in [-0.25, -0.2) is 0 Å². The monoisotopic (exact) mass is 240 g/mol. The maximum Gasteiger partial charge on any atom is 0.321 e. The van der Waals surface area contributed by atoms with Crippen molar-refractivity contribution >= 4 is 5.91 Å². The summed E-state index contributed by atoms with van der Waals surface area (Å²) in [6.45, 7) is 0. The number of hydrogen-bond acceptors (Lipinski definition) is 3. The molecule has 2 aromatic rings. The van der Waals surface area contributed by atoms with Gasteiger partial charge in [0.15, 0.2) is 11.5 Å². The summed E-state index contributed by atoms with van der Waals surface area (Å²) in [4.78, 5) is 11.0. The van der Waals surface area contributed by atoms with Gasteiger partial charge < -0.3 is 15.2 Å². The van der Waals surface area contributed by atoms with Crippen molar-refractivity contribution in [3.8, 4) is 22.6 Å². The van der Waals surface area contributed by atoms with E-state index in [9.17, 15) is 4.79 Å². The molecule has 4 nitrogen and oxygen atoms in total. The van der Waals surface area contributed by atoms with E-state index in [0.29, 0.717) is 11.5 Å². The number of fused-ring (bicyclic) bond motifs is 1. The van der Waals surface area contributed by atoms with Gasteiger partial charge in [-0.2, -0.15) is 0 Å². The molecular weight excluding hydrogens is 230 g/mol. The average Bonchev–Trinajstić information content (AvgIpc) is 2.82. The van der Waals surface area contributed by atoms with Gasteiger partial charge in [0.1, 0.15) is 0 Å². The molecule has 1 unspecified atom stereocenters. The second kappa shape index (κ2) is 4.07. The normalized spacial score (nSPS) is 16.6. The Labute approximate surface area is 104 Å². The Bertz CT molecular complexity index is 595. The van der Waals surface area contributed by atoms with Crippen LogP contribution in [0.15, 0.2) is 42.5 Å². The predicted octanol–water partition coefficient (Wildman–Crippen LogP) is 1.74. The Morgan fingerprint density at radius 1 is 1.17 bits per heavy atom. The number of ether oxygens (including phenoxy) is 2. The predicted molar refractivity (Wildman–Crippen MR) is 65.0 cm³/mol. The van der Waals surface area contributed by atoms with Crippen LogP contribution < -0.4 is 15.2 Å². The molecule has 1 aliphatic heterocycles. The maximum absolute atomic E-state index is 11.0. The summed E-state index contributed by atoms with van der Waals surface area (Å²) in [5, 5.41) is 0. The molecule has 1 radical (unpaired) electrons. The number of carbonyl (C=O) groups excluding carboxylic acids is 1. The molecule has 0 saturated heterocycles. The number of nitrogens with two attached hydrogens (primary N) is 1. The quantitative estimate of drug-likeness (QED) is 0.869. The minimum absolute atomic E-state index is 0.485. The largest absolute Gasteiger partial charge is 0.442 e. The molecule has 0 aliphatic carbocycles. The van der Waals surface area contributed by atoms with Gasteiger partial charge in [-0.15, -0.1) is 0 Å². The Balaban J connectivity index is 1.95. The summed E-state index contributed by atoms with van der Waals surface area (Å²) in [7, 11) is 0. The highest BCUT2D eigenvalue weighted by Gasteiger charge is 2.29. The number of primary amides is 1. The molecule has 4 heteroatoms. The molecule has 0 fully saturated rings. The van der Waals surface area contributed by atoms with Gasteiger partial charge in [0.05, 0.1) is 0 Å². The van der Waals surface area contributed by atoms with E-state index in [-0.39, 0.29) is 0 Å². The lowest BCUT2D eigenvalue weighted by molar-refractivity contribution is -0.133. The molecule has 18 heavy (non-hydrogen) atoms. The smallest absolute Gasteiger partial charge is 0.321 e. The number of amides is 1. The number of carbonyl (C=O) groups is 1. The van der Waals surface area contributed by atoms with E-state index in [2.05, 4.69) is 6.07 Å². The Hall–Kier alpha value is -2.49. The molecule has 89 valence electrons. The standard InChI is InChI=1S/C14H10NO3/c15-13(16)14-17-11-7-6-10(8-12(11)18-14)9-4-2-1-3-5-9/h1-5,7-8,14H,(H2,15,16). The molecule has 2 N–H and O–H groups in total. The Morgan fingerprint density at radius 2 is 1.89 bits per heavy atom. The molecular formula is C14H10NO3. The van der Waals surface area contributed by atoms with Gasteiger partial charge in [0.25, 0.3) is 5.91 Å². The lowest BCUT2D eigenvalue weighted by atomic mass is 10.1. The van der Waals surface area contributed by atoms with Gasteiger partial charge in [0.2, 0.25) is 0 Å². The summed E-state index contributed by atoms with van der Waals surface area (Å²) in [5.74, 6) is 0.349. The molecule has 0 aromatic heterocycles. The zero-order valence-electron chi connectivity index (χ0n) is 9.42. The molecule has 2 aromatic carbocycles. The van der Waals surface area contributed by atoms with Crippen LogP contribution in [0.4, 0.5) is 0 Å². The van der Waals surface area contributed by atoms with E-state index >= 15 is 0 Å². The first-order valence-electron chi connectivity index (χ1n) is 5.48. The van der Waals surface area contributed by atoms with E-state index in [1.165, 1.54) is 0 Å². The van der Waals surface area contributed by atoms with Crippen molar-refractivity contribution in [2.24, 2.45) is 5.73 Å². The van der Waals surface area contributed by atoms with Crippen LogP contribution in [0.3, 0.4) is 0 Å². The van der Waals surface area contributed by atoms with Crippen molar-refractivity contribution in [1.82, 2.24) is 0 Å². The van der Waals surface area contributed by atoms with E-state index in [0.717, 1.165) is 11.1 Å². The van der Waals surface area contributed by atoms with Crippen LogP contribution in [0.1, 0.15) is 0 Å². The second-order valence-electron chi connectivity index (χ2n) is 3.91. The zero-order valence-corrected chi connectivity index (χ0v) is 9.42. The topological polar surface area (TPSA) is 61.6 Å². The Morgan fingerprint density at radius 3 is 2.61 bits per heavy atom.